The minimum Gasteiger partial charge on any atom is -0.382 e. The molecule has 1 aromatic heterocycles. The van der Waals surface area contributed by atoms with Crippen LogP contribution < -0.4 is 5.73 Å². The van der Waals surface area contributed by atoms with Crippen LogP contribution in [0.1, 0.15) is 10.5 Å². The van der Waals surface area contributed by atoms with Crippen molar-refractivity contribution in [1.29, 1.82) is 0 Å². The predicted molar refractivity (Wildman–Crippen MR) is 44.5 cm³/mol. The van der Waals surface area contributed by atoms with E-state index in [0.717, 1.165) is 0 Å². The van der Waals surface area contributed by atoms with Gasteiger partial charge in [-0.25, -0.2) is 9.97 Å². The minimum atomic E-state index is -0.236. The van der Waals surface area contributed by atoms with Crippen LogP contribution >= 0.6 is 0 Å². The van der Waals surface area contributed by atoms with E-state index in [2.05, 4.69) is 9.97 Å². The molecule has 5 heteroatoms. The molecule has 1 aromatic rings. The molecule has 0 aliphatic rings. The Bertz CT molecular complexity index is 297. The molecule has 0 unspecified atom stereocenters. The number of aromatic nitrogens is 2. The van der Waals surface area contributed by atoms with Gasteiger partial charge in [-0.15, -0.1) is 0 Å². The van der Waals surface area contributed by atoms with Gasteiger partial charge in [0.2, 0.25) is 0 Å². The Balaban J connectivity index is 3.03. The standard InChI is InChI=1S/C7H10N4O/c1-11(2)7(12)5-6(8)10-4-3-9-5/h3-4H,1-2H3,(H2,8,10). The molecular weight excluding hydrogens is 156 g/mol. The molecule has 0 radical (unpaired) electrons. The number of amides is 1. The molecule has 0 spiro atoms. The summed E-state index contributed by atoms with van der Waals surface area (Å²) in [4.78, 5) is 20.3. The summed E-state index contributed by atoms with van der Waals surface area (Å²) in [5, 5.41) is 0. The Labute approximate surface area is 70.2 Å². The van der Waals surface area contributed by atoms with Crippen LogP contribution in [0.4, 0.5) is 5.82 Å². The third kappa shape index (κ3) is 1.50. The lowest BCUT2D eigenvalue weighted by atomic mass is 10.3. The highest BCUT2D eigenvalue weighted by Gasteiger charge is 2.12. The van der Waals surface area contributed by atoms with E-state index in [-0.39, 0.29) is 17.4 Å². The van der Waals surface area contributed by atoms with Crippen molar-refractivity contribution >= 4 is 11.7 Å². The van der Waals surface area contributed by atoms with Crippen LogP contribution in [0.3, 0.4) is 0 Å². The summed E-state index contributed by atoms with van der Waals surface area (Å²) in [6, 6.07) is 0. The molecule has 64 valence electrons. The zero-order valence-corrected chi connectivity index (χ0v) is 6.98. The fourth-order valence-electron chi connectivity index (χ4n) is 0.725. The van der Waals surface area contributed by atoms with Gasteiger partial charge in [-0.2, -0.15) is 0 Å². The lowest BCUT2D eigenvalue weighted by molar-refractivity contribution is 0.0822. The smallest absolute Gasteiger partial charge is 0.275 e. The number of anilines is 1. The maximum atomic E-state index is 11.3. The van der Waals surface area contributed by atoms with Crippen molar-refractivity contribution < 1.29 is 4.79 Å². The van der Waals surface area contributed by atoms with E-state index in [0.29, 0.717) is 0 Å². The molecule has 2 N–H and O–H groups in total. The van der Waals surface area contributed by atoms with Crippen molar-refractivity contribution in [2.24, 2.45) is 0 Å². The number of hydrogen-bond acceptors (Lipinski definition) is 4. The molecule has 0 aliphatic heterocycles. The summed E-state index contributed by atoms with van der Waals surface area (Å²) in [6.07, 6.45) is 2.88. The molecule has 0 fully saturated rings. The number of nitrogen functional groups attached to an aromatic ring is 1. The fourth-order valence-corrected chi connectivity index (χ4v) is 0.725. The molecule has 12 heavy (non-hydrogen) atoms. The maximum absolute atomic E-state index is 11.3. The normalized spacial score (nSPS) is 9.50. The third-order valence-electron chi connectivity index (χ3n) is 1.34. The number of carbonyl (C=O) groups excluding carboxylic acids is 1. The molecular formula is C7H10N4O. The average molecular weight is 166 g/mol. The second kappa shape index (κ2) is 3.17. The van der Waals surface area contributed by atoms with E-state index in [1.165, 1.54) is 17.3 Å². The summed E-state index contributed by atoms with van der Waals surface area (Å²) < 4.78 is 0. The number of nitrogens with two attached hydrogens (primary N) is 1. The second-order valence-electron chi connectivity index (χ2n) is 2.49. The number of hydrogen-bond donors (Lipinski definition) is 1. The molecule has 1 rings (SSSR count). The molecule has 0 saturated heterocycles. The van der Waals surface area contributed by atoms with Crippen LogP contribution in [0.2, 0.25) is 0 Å². The van der Waals surface area contributed by atoms with Gasteiger partial charge in [-0.05, 0) is 0 Å². The lowest BCUT2D eigenvalue weighted by Crippen LogP contribution is -2.24. The van der Waals surface area contributed by atoms with Gasteiger partial charge in [0.1, 0.15) is 0 Å². The monoisotopic (exact) mass is 166 g/mol. The Hall–Kier alpha value is -1.65. The highest BCUT2D eigenvalue weighted by molar-refractivity contribution is 5.95. The Morgan fingerprint density at radius 3 is 2.50 bits per heavy atom. The van der Waals surface area contributed by atoms with Gasteiger partial charge in [0.15, 0.2) is 11.5 Å². The lowest BCUT2D eigenvalue weighted by Gasteiger charge is -2.09. The van der Waals surface area contributed by atoms with E-state index in [9.17, 15) is 4.79 Å². The third-order valence-corrected chi connectivity index (χ3v) is 1.34. The first-order valence-corrected chi connectivity index (χ1v) is 3.41. The summed E-state index contributed by atoms with van der Waals surface area (Å²) in [5.41, 5.74) is 5.63. The Kier molecular flexibility index (Phi) is 2.23. The molecule has 0 aliphatic carbocycles. The van der Waals surface area contributed by atoms with E-state index in [4.69, 9.17) is 5.73 Å². The first kappa shape index (κ1) is 8.45. The van der Waals surface area contributed by atoms with Crippen molar-refractivity contribution in [3.05, 3.63) is 18.1 Å². The highest BCUT2D eigenvalue weighted by atomic mass is 16.2. The fraction of sp³-hybridized carbons (Fsp3) is 0.286. The summed E-state index contributed by atoms with van der Waals surface area (Å²) in [6.45, 7) is 0. The summed E-state index contributed by atoms with van der Waals surface area (Å²) in [5.74, 6) is -0.0724. The molecule has 0 bridgehead atoms. The largest absolute Gasteiger partial charge is 0.382 e. The summed E-state index contributed by atoms with van der Waals surface area (Å²) >= 11 is 0. The van der Waals surface area contributed by atoms with Gasteiger partial charge in [0, 0.05) is 26.5 Å². The van der Waals surface area contributed by atoms with Gasteiger partial charge in [-0.3, -0.25) is 4.79 Å². The van der Waals surface area contributed by atoms with Gasteiger partial charge in [-0.1, -0.05) is 0 Å². The zero-order valence-electron chi connectivity index (χ0n) is 6.98. The van der Waals surface area contributed by atoms with Crippen LogP contribution in [0.25, 0.3) is 0 Å². The highest BCUT2D eigenvalue weighted by Crippen LogP contribution is 2.04. The Morgan fingerprint density at radius 2 is 2.00 bits per heavy atom. The molecule has 0 aromatic carbocycles. The number of carbonyl (C=O) groups is 1. The number of rotatable bonds is 1. The average Bonchev–Trinajstić information content (AvgIpc) is 2.04. The van der Waals surface area contributed by atoms with Gasteiger partial charge >= 0.3 is 0 Å². The van der Waals surface area contributed by atoms with Crippen molar-refractivity contribution in [2.45, 2.75) is 0 Å². The molecule has 0 atom stereocenters. The molecule has 5 nitrogen and oxygen atoms in total. The van der Waals surface area contributed by atoms with Gasteiger partial charge in [0.05, 0.1) is 0 Å². The molecule has 1 heterocycles. The first-order chi connectivity index (χ1) is 5.63. The SMILES string of the molecule is CN(C)C(=O)c1nccnc1N. The van der Waals surface area contributed by atoms with E-state index >= 15 is 0 Å². The quantitative estimate of drug-likeness (QED) is 0.625. The Morgan fingerprint density at radius 1 is 1.42 bits per heavy atom. The van der Waals surface area contributed by atoms with Crippen molar-refractivity contribution in [1.82, 2.24) is 14.9 Å². The van der Waals surface area contributed by atoms with Crippen molar-refractivity contribution in [3.8, 4) is 0 Å². The number of nitrogens with zero attached hydrogens (tertiary/aromatic N) is 3. The van der Waals surface area contributed by atoms with Crippen LogP contribution in [0.5, 0.6) is 0 Å². The molecule has 0 saturated carbocycles. The zero-order chi connectivity index (χ0) is 9.14. The van der Waals surface area contributed by atoms with Crippen LogP contribution in [-0.4, -0.2) is 34.9 Å². The van der Waals surface area contributed by atoms with E-state index < -0.39 is 0 Å². The van der Waals surface area contributed by atoms with Crippen LogP contribution in [0, 0.1) is 0 Å². The maximum Gasteiger partial charge on any atom is 0.275 e. The first-order valence-electron chi connectivity index (χ1n) is 3.41. The van der Waals surface area contributed by atoms with Crippen molar-refractivity contribution in [3.63, 3.8) is 0 Å². The van der Waals surface area contributed by atoms with Gasteiger partial charge < -0.3 is 10.6 Å². The second-order valence-corrected chi connectivity index (χ2v) is 2.49. The minimum absolute atomic E-state index is 0.163. The summed E-state index contributed by atoms with van der Waals surface area (Å²) in [7, 11) is 3.27. The molecule has 1 amide bonds. The van der Waals surface area contributed by atoms with Crippen molar-refractivity contribution in [2.75, 3.05) is 19.8 Å². The van der Waals surface area contributed by atoms with Crippen LogP contribution in [-0.2, 0) is 0 Å². The topological polar surface area (TPSA) is 72.1 Å². The van der Waals surface area contributed by atoms with E-state index in [1.807, 2.05) is 0 Å². The van der Waals surface area contributed by atoms with Gasteiger partial charge in [0.25, 0.3) is 5.91 Å². The van der Waals surface area contributed by atoms with Crippen LogP contribution in [0.15, 0.2) is 12.4 Å². The van der Waals surface area contributed by atoms with E-state index in [1.54, 1.807) is 14.1 Å². The predicted octanol–water partition coefficient (Wildman–Crippen LogP) is -0.239.